The van der Waals surface area contributed by atoms with Crippen LogP contribution in [-0.2, 0) is 9.53 Å². The fourth-order valence-electron chi connectivity index (χ4n) is 2.07. The number of benzene rings is 1. The van der Waals surface area contributed by atoms with Gasteiger partial charge in [0.1, 0.15) is 5.75 Å². The van der Waals surface area contributed by atoms with Gasteiger partial charge in [-0.05, 0) is 51.5 Å². The third-order valence-corrected chi connectivity index (χ3v) is 3.46. The van der Waals surface area contributed by atoms with Gasteiger partial charge >= 0.3 is 11.9 Å². The molecule has 0 saturated carbocycles. The van der Waals surface area contributed by atoms with Crippen molar-refractivity contribution in [2.24, 2.45) is 0 Å². The van der Waals surface area contributed by atoms with Gasteiger partial charge in [-0.1, -0.05) is 12.1 Å². The van der Waals surface area contributed by atoms with Gasteiger partial charge in [-0.3, -0.25) is 4.98 Å². The van der Waals surface area contributed by atoms with Gasteiger partial charge in [0.25, 0.3) is 0 Å². The number of hydrogen-bond acceptors (Lipinski definition) is 6. The lowest BCUT2D eigenvalue weighted by atomic mass is 10.2. The molecule has 0 atom stereocenters. The van der Waals surface area contributed by atoms with Crippen molar-refractivity contribution >= 4 is 18.0 Å². The molecule has 0 amide bonds. The van der Waals surface area contributed by atoms with Gasteiger partial charge < -0.3 is 9.47 Å². The molecule has 6 nitrogen and oxygen atoms in total. The van der Waals surface area contributed by atoms with E-state index in [9.17, 15) is 9.59 Å². The summed E-state index contributed by atoms with van der Waals surface area (Å²) in [6.45, 7) is 7.44. The molecule has 0 aliphatic carbocycles. The number of hydrogen-bond donors (Lipinski definition) is 0. The summed E-state index contributed by atoms with van der Waals surface area (Å²) in [6, 6.07) is 6.76. The Balaban J connectivity index is 2.07. The van der Waals surface area contributed by atoms with E-state index in [1.54, 1.807) is 51.1 Å². The first-order valence-electron chi connectivity index (χ1n) is 7.89. The number of esters is 2. The Morgan fingerprint density at radius 2 is 1.64 bits per heavy atom. The van der Waals surface area contributed by atoms with Crippen molar-refractivity contribution in [2.45, 2.75) is 27.7 Å². The largest absolute Gasteiger partial charge is 0.463 e. The summed E-state index contributed by atoms with van der Waals surface area (Å²) in [7, 11) is 0. The third-order valence-electron chi connectivity index (χ3n) is 3.46. The Labute approximate surface area is 146 Å². The molecule has 1 heterocycles. The van der Waals surface area contributed by atoms with Crippen LogP contribution >= 0.6 is 0 Å². The molecule has 0 spiro atoms. The van der Waals surface area contributed by atoms with Crippen molar-refractivity contribution in [3.8, 4) is 5.75 Å². The second-order valence-electron chi connectivity index (χ2n) is 5.37. The number of aryl methyl sites for hydroxylation is 3. The smallest absolute Gasteiger partial charge is 0.364 e. The SMILES string of the molecule is CCOC(=O)/C=C/c1ccc(OC(=O)c2nc(C)c(C)nc2C)cc1. The molecule has 1 aromatic heterocycles. The van der Waals surface area contributed by atoms with Gasteiger partial charge in [-0.25, -0.2) is 14.6 Å². The Morgan fingerprint density at radius 3 is 2.28 bits per heavy atom. The lowest BCUT2D eigenvalue weighted by Crippen LogP contribution is -2.15. The first-order chi connectivity index (χ1) is 11.9. The zero-order chi connectivity index (χ0) is 18.4. The van der Waals surface area contributed by atoms with Crippen LogP contribution in [0.2, 0.25) is 0 Å². The van der Waals surface area contributed by atoms with Crippen molar-refractivity contribution in [1.29, 1.82) is 0 Å². The second kappa shape index (κ2) is 8.19. The molecule has 0 radical (unpaired) electrons. The summed E-state index contributed by atoms with van der Waals surface area (Å²) in [5.74, 6) is -0.567. The summed E-state index contributed by atoms with van der Waals surface area (Å²) >= 11 is 0. The minimum absolute atomic E-state index is 0.203. The highest BCUT2D eigenvalue weighted by Crippen LogP contribution is 2.16. The number of carbonyl (C=O) groups excluding carboxylic acids is 2. The maximum atomic E-state index is 12.3. The maximum absolute atomic E-state index is 12.3. The molecule has 0 aliphatic rings. The van der Waals surface area contributed by atoms with Gasteiger partial charge in [0.05, 0.1) is 23.7 Å². The van der Waals surface area contributed by atoms with Gasteiger partial charge in [0.2, 0.25) is 0 Å². The van der Waals surface area contributed by atoms with E-state index in [1.165, 1.54) is 6.08 Å². The quantitative estimate of drug-likeness (QED) is 0.472. The molecule has 0 unspecified atom stereocenters. The van der Waals surface area contributed by atoms with Crippen molar-refractivity contribution in [1.82, 2.24) is 9.97 Å². The summed E-state index contributed by atoms with van der Waals surface area (Å²) in [5, 5.41) is 0. The van der Waals surface area contributed by atoms with Crippen LogP contribution in [0.4, 0.5) is 0 Å². The Bertz CT molecular complexity index is 811. The average Bonchev–Trinajstić information content (AvgIpc) is 2.57. The minimum atomic E-state index is -0.553. The van der Waals surface area contributed by atoms with Crippen LogP contribution in [0.25, 0.3) is 6.08 Å². The molecular formula is C19H20N2O4. The molecule has 25 heavy (non-hydrogen) atoms. The fraction of sp³-hybridized carbons (Fsp3) is 0.263. The molecule has 1 aromatic carbocycles. The predicted molar refractivity (Wildman–Crippen MR) is 93.3 cm³/mol. The number of nitrogens with zero attached hydrogens (tertiary/aromatic N) is 2. The Hall–Kier alpha value is -3.02. The van der Waals surface area contributed by atoms with E-state index in [1.807, 2.05) is 6.92 Å². The highest BCUT2D eigenvalue weighted by Gasteiger charge is 2.16. The normalized spacial score (nSPS) is 10.7. The molecule has 2 aromatic rings. The Kier molecular flexibility index (Phi) is 6.00. The lowest BCUT2D eigenvalue weighted by molar-refractivity contribution is -0.137. The van der Waals surface area contributed by atoms with Crippen molar-refractivity contribution in [2.75, 3.05) is 6.61 Å². The number of rotatable bonds is 5. The van der Waals surface area contributed by atoms with Crippen LogP contribution < -0.4 is 4.74 Å². The molecule has 0 N–H and O–H groups in total. The van der Waals surface area contributed by atoms with E-state index in [4.69, 9.17) is 9.47 Å². The molecule has 0 saturated heterocycles. The standard InChI is InChI=1S/C19H20N2O4/c1-5-24-17(22)11-8-15-6-9-16(10-7-15)25-19(23)18-14(4)20-12(2)13(3)21-18/h6-11H,5H2,1-4H3/b11-8+. The second-order valence-corrected chi connectivity index (χ2v) is 5.37. The number of ether oxygens (including phenoxy) is 2. The van der Waals surface area contributed by atoms with E-state index >= 15 is 0 Å². The monoisotopic (exact) mass is 340 g/mol. The molecule has 6 heteroatoms. The van der Waals surface area contributed by atoms with E-state index < -0.39 is 11.9 Å². The van der Waals surface area contributed by atoms with Crippen molar-refractivity contribution in [3.63, 3.8) is 0 Å². The van der Waals surface area contributed by atoms with Crippen LogP contribution in [0.5, 0.6) is 5.75 Å². The van der Waals surface area contributed by atoms with Crippen LogP contribution in [0.3, 0.4) is 0 Å². The van der Waals surface area contributed by atoms with Crippen LogP contribution in [0, 0.1) is 20.8 Å². The minimum Gasteiger partial charge on any atom is -0.463 e. The first kappa shape index (κ1) is 18.3. The molecule has 0 aliphatic heterocycles. The van der Waals surface area contributed by atoms with Gasteiger partial charge in [0.15, 0.2) is 5.69 Å². The van der Waals surface area contributed by atoms with Gasteiger partial charge in [-0.2, -0.15) is 0 Å². The summed E-state index contributed by atoms with van der Waals surface area (Å²) in [6.07, 6.45) is 2.97. The van der Waals surface area contributed by atoms with Gasteiger partial charge in [-0.15, -0.1) is 0 Å². The maximum Gasteiger partial charge on any atom is 0.364 e. The van der Waals surface area contributed by atoms with Crippen LogP contribution in [-0.4, -0.2) is 28.5 Å². The number of carbonyl (C=O) groups is 2. The van der Waals surface area contributed by atoms with E-state index in [-0.39, 0.29) is 5.69 Å². The zero-order valence-corrected chi connectivity index (χ0v) is 14.7. The summed E-state index contributed by atoms with van der Waals surface area (Å²) in [4.78, 5) is 32.1. The van der Waals surface area contributed by atoms with E-state index in [2.05, 4.69) is 9.97 Å². The highest BCUT2D eigenvalue weighted by atomic mass is 16.5. The topological polar surface area (TPSA) is 78.4 Å². The molecule has 0 fully saturated rings. The first-order valence-corrected chi connectivity index (χ1v) is 7.89. The highest BCUT2D eigenvalue weighted by molar-refractivity contribution is 5.90. The third kappa shape index (κ3) is 4.97. The lowest BCUT2D eigenvalue weighted by Gasteiger charge is -2.08. The molecule has 0 bridgehead atoms. The van der Waals surface area contributed by atoms with E-state index in [0.29, 0.717) is 23.7 Å². The average molecular weight is 340 g/mol. The summed E-state index contributed by atoms with van der Waals surface area (Å²) < 4.78 is 10.1. The van der Waals surface area contributed by atoms with E-state index in [0.717, 1.165) is 11.3 Å². The predicted octanol–water partition coefficient (Wildman–Crippen LogP) is 3.20. The van der Waals surface area contributed by atoms with Gasteiger partial charge in [0, 0.05) is 6.08 Å². The fourth-order valence-corrected chi connectivity index (χ4v) is 2.07. The Morgan fingerprint density at radius 1 is 1.00 bits per heavy atom. The molecule has 2 rings (SSSR count). The van der Waals surface area contributed by atoms with Crippen LogP contribution in [0.15, 0.2) is 30.3 Å². The summed E-state index contributed by atoms with van der Waals surface area (Å²) in [5.41, 5.74) is 3.00. The zero-order valence-electron chi connectivity index (χ0n) is 14.7. The van der Waals surface area contributed by atoms with Crippen molar-refractivity contribution < 1.29 is 19.1 Å². The molecule has 130 valence electrons. The van der Waals surface area contributed by atoms with Crippen molar-refractivity contribution in [3.05, 3.63) is 58.7 Å². The molecular weight excluding hydrogens is 320 g/mol. The van der Waals surface area contributed by atoms with Crippen LogP contribution in [0.1, 0.15) is 40.1 Å². The number of aromatic nitrogens is 2.